The smallest absolute Gasteiger partial charge is 0.330 e. The number of aromatic nitrogens is 1. The van der Waals surface area contributed by atoms with Gasteiger partial charge in [0.25, 0.3) is 0 Å². The lowest BCUT2D eigenvalue weighted by atomic mass is 10.1. The molecule has 3 aromatic rings. The van der Waals surface area contributed by atoms with Gasteiger partial charge in [0.15, 0.2) is 0 Å². The van der Waals surface area contributed by atoms with E-state index in [0.717, 1.165) is 27.8 Å². The van der Waals surface area contributed by atoms with E-state index in [4.69, 9.17) is 4.74 Å². The van der Waals surface area contributed by atoms with Crippen molar-refractivity contribution in [2.45, 2.75) is 6.61 Å². The Bertz CT molecular complexity index is 834. The molecule has 0 spiro atoms. The van der Waals surface area contributed by atoms with E-state index in [1.54, 1.807) is 6.08 Å². The molecule has 0 aliphatic heterocycles. The molecule has 1 aromatic heterocycles. The Kier molecular flexibility index (Phi) is 4.43. The van der Waals surface area contributed by atoms with Crippen LogP contribution in [0.25, 0.3) is 17.0 Å². The van der Waals surface area contributed by atoms with E-state index in [0.29, 0.717) is 6.61 Å². The van der Waals surface area contributed by atoms with E-state index in [1.165, 1.54) is 13.2 Å². The standard InChI is InChI=1S/C19H17NO3/c1-22-18(21)11-10-15-12-20-16-8-5-9-17(19(15)16)23-13-14-6-3-2-4-7-14/h2-12,20H,13H2,1H3. The molecule has 0 amide bonds. The van der Waals surface area contributed by atoms with Crippen LogP contribution in [0, 0.1) is 0 Å². The average molecular weight is 307 g/mol. The van der Waals surface area contributed by atoms with Gasteiger partial charge in [-0.2, -0.15) is 0 Å². The van der Waals surface area contributed by atoms with Crippen LogP contribution in [-0.2, 0) is 16.1 Å². The molecular formula is C19H17NO3. The van der Waals surface area contributed by atoms with Gasteiger partial charge in [-0.05, 0) is 23.8 Å². The third-order valence-corrected chi connectivity index (χ3v) is 3.54. The third-order valence-electron chi connectivity index (χ3n) is 3.54. The largest absolute Gasteiger partial charge is 0.488 e. The van der Waals surface area contributed by atoms with Gasteiger partial charge in [0, 0.05) is 28.7 Å². The Morgan fingerprint density at radius 1 is 1.13 bits per heavy atom. The summed E-state index contributed by atoms with van der Waals surface area (Å²) >= 11 is 0. The normalized spacial score (nSPS) is 11.0. The molecule has 3 rings (SSSR count). The van der Waals surface area contributed by atoms with E-state index in [-0.39, 0.29) is 5.97 Å². The molecule has 116 valence electrons. The number of esters is 1. The van der Waals surface area contributed by atoms with Gasteiger partial charge < -0.3 is 14.5 Å². The van der Waals surface area contributed by atoms with Crippen molar-refractivity contribution in [1.29, 1.82) is 0 Å². The van der Waals surface area contributed by atoms with Gasteiger partial charge in [0.1, 0.15) is 12.4 Å². The summed E-state index contributed by atoms with van der Waals surface area (Å²) < 4.78 is 10.6. The maximum absolute atomic E-state index is 11.3. The van der Waals surface area contributed by atoms with E-state index >= 15 is 0 Å². The second-order valence-electron chi connectivity index (χ2n) is 5.05. The van der Waals surface area contributed by atoms with Crippen LogP contribution in [-0.4, -0.2) is 18.1 Å². The molecule has 2 aromatic carbocycles. The zero-order chi connectivity index (χ0) is 16.1. The quantitative estimate of drug-likeness (QED) is 0.574. The van der Waals surface area contributed by atoms with Gasteiger partial charge >= 0.3 is 5.97 Å². The number of methoxy groups -OCH3 is 1. The van der Waals surface area contributed by atoms with Gasteiger partial charge in [0.2, 0.25) is 0 Å². The number of carbonyl (C=O) groups excluding carboxylic acids is 1. The minimum absolute atomic E-state index is 0.387. The molecule has 0 atom stereocenters. The predicted molar refractivity (Wildman–Crippen MR) is 90.1 cm³/mol. The van der Waals surface area contributed by atoms with Crippen LogP contribution >= 0.6 is 0 Å². The lowest BCUT2D eigenvalue weighted by molar-refractivity contribution is -0.134. The van der Waals surface area contributed by atoms with Gasteiger partial charge in [-0.15, -0.1) is 0 Å². The first-order chi connectivity index (χ1) is 11.3. The molecule has 0 aliphatic rings. The molecule has 0 unspecified atom stereocenters. The molecular weight excluding hydrogens is 290 g/mol. The molecule has 0 fully saturated rings. The number of fused-ring (bicyclic) bond motifs is 1. The second-order valence-corrected chi connectivity index (χ2v) is 5.05. The second kappa shape index (κ2) is 6.83. The Morgan fingerprint density at radius 3 is 2.74 bits per heavy atom. The van der Waals surface area contributed by atoms with E-state index < -0.39 is 0 Å². The number of hydrogen-bond donors (Lipinski definition) is 1. The highest BCUT2D eigenvalue weighted by molar-refractivity contribution is 5.97. The fourth-order valence-corrected chi connectivity index (χ4v) is 2.39. The molecule has 4 heteroatoms. The minimum atomic E-state index is -0.387. The number of hydrogen-bond acceptors (Lipinski definition) is 3. The minimum Gasteiger partial charge on any atom is -0.488 e. The van der Waals surface area contributed by atoms with Crippen LogP contribution in [0.3, 0.4) is 0 Å². The van der Waals surface area contributed by atoms with Crippen molar-refractivity contribution in [2.75, 3.05) is 7.11 Å². The summed E-state index contributed by atoms with van der Waals surface area (Å²) in [7, 11) is 1.36. The highest BCUT2D eigenvalue weighted by atomic mass is 16.5. The van der Waals surface area contributed by atoms with Crippen molar-refractivity contribution < 1.29 is 14.3 Å². The summed E-state index contributed by atoms with van der Waals surface area (Å²) in [6.45, 7) is 0.491. The van der Waals surface area contributed by atoms with Crippen molar-refractivity contribution in [3.8, 4) is 5.75 Å². The first-order valence-corrected chi connectivity index (χ1v) is 7.31. The Labute approximate surface area is 134 Å². The van der Waals surface area contributed by atoms with Gasteiger partial charge in [-0.25, -0.2) is 4.79 Å². The topological polar surface area (TPSA) is 51.3 Å². The molecule has 0 aliphatic carbocycles. The van der Waals surface area contributed by atoms with Crippen LogP contribution in [0.1, 0.15) is 11.1 Å². The van der Waals surface area contributed by atoms with Crippen molar-refractivity contribution in [2.24, 2.45) is 0 Å². The molecule has 1 heterocycles. The number of rotatable bonds is 5. The van der Waals surface area contributed by atoms with Crippen molar-refractivity contribution >= 4 is 22.9 Å². The maximum Gasteiger partial charge on any atom is 0.330 e. The van der Waals surface area contributed by atoms with Crippen LogP contribution in [0.4, 0.5) is 0 Å². The third kappa shape index (κ3) is 3.43. The van der Waals surface area contributed by atoms with E-state index in [1.807, 2.05) is 54.7 Å². The highest BCUT2D eigenvalue weighted by Gasteiger charge is 2.08. The first kappa shape index (κ1) is 14.9. The number of ether oxygens (including phenoxy) is 2. The number of aromatic amines is 1. The SMILES string of the molecule is COC(=O)C=Cc1c[nH]c2cccc(OCc3ccccc3)c12. The molecule has 0 saturated heterocycles. The van der Waals surface area contributed by atoms with Gasteiger partial charge in [-0.1, -0.05) is 36.4 Å². The number of H-pyrrole nitrogens is 1. The Hall–Kier alpha value is -3.01. The first-order valence-electron chi connectivity index (χ1n) is 7.31. The maximum atomic E-state index is 11.3. The van der Waals surface area contributed by atoms with Crippen LogP contribution in [0.2, 0.25) is 0 Å². The molecule has 0 radical (unpaired) electrons. The Balaban J connectivity index is 1.89. The Morgan fingerprint density at radius 2 is 1.96 bits per heavy atom. The summed E-state index contributed by atoms with van der Waals surface area (Å²) in [5.74, 6) is 0.388. The van der Waals surface area contributed by atoms with Crippen LogP contribution < -0.4 is 4.74 Å². The predicted octanol–water partition coefficient (Wildman–Crippen LogP) is 3.93. The lowest BCUT2D eigenvalue weighted by Gasteiger charge is -2.08. The summed E-state index contributed by atoms with van der Waals surface area (Å²) in [5.41, 5.74) is 2.95. The molecule has 0 bridgehead atoms. The zero-order valence-corrected chi connectivity index (χ0v) is 12.8. The summed E-state index contributed by atoms with van der Waals surface area (Å²) in [5, 5.41) is 0.948. The van der Waals surface area contributed by atoms with Crippen molar-refractivity contribution in [3.63, 3.8) is 0 Å². The van der Waals surface area contributed by atoms with Crippen LogP contribution in [0.15, 0.2) is 60.8 Å². The van der Waals surface area contributed by atoms with Crippen molar-refractivity contribution in [1.82, 2.24) is 4.98 Å². The zero-order valence-electron chi connectivity index (χ0n) is 12.8. The fourth-order valence-electron chi connectivity index (χ4n) is 2.39. The molecule has 23 heavy (non-hydrogen) atoms. The average Bonchev–Trinajstić information content (AvgIpc) is 3.02. The number of nitrogens with one attached hydrogen (secondary N) is 1. The van der Waals surface area contributed by atoms with Gasteiger partial charge in [0.05, 0.1) is 7.11 Å². The molecule has 4 nitrogen and oxygen atoms in total. The van der Waals surface area contributed by atoms with E-state index in [2.05, 4.69) is 9.72 Å². The fraction of sp³-hybridized carbons (Fsp3) is 0.105. The molecule has 0 saturated carbocycles. The lowest BCUT2D eigenvalue weighted by Crippen LogP contribution is -1.96. The summed E-state index contributed by atoms with van der Waals surface area (Å²) in [4.78, 5) is 14.5. The summed E-state index contributed by atoms with van der Waals surface area (Å²) in [6, 6.07) is 15.8. The van der Waals surface area contributed by atoms with Gasteiger partial charge in [-0.3, -0.25) is 0 Å². The van der Waals surface area contributed by atoms with Crippen LogP contribution in [0.5, 0.6) is 5.75 Å². The molecule has 1 N–H and O–H groups in total. The highest BCUT2D eigenvalue weighted by Crippen LogP contribution is 2.30. The number of benzene rings is 2. The van der Waals surface area contributed by atoms with E-state index in [9.17, 15) is 4.79 Å². The number of carbonyl (C=O) groups is 1. The monoisotopic (exact) mass is 307 g/mol. The summed E-state index contributed by atoms with van der Waals surface area (Å²) in [6.07, 6.45) is 4.97. The van der Waals surface area contributed by atoms with Crippen molar-refractivity contribution in [3.05, 3.63) is 71.9 Å².